The molecule has 6 nitrogen and oxygen atoms in total. The second-order valence-electron chi connectivity index (χ2n) is 6.01. The van der Waals surface area contributed by atoms with Crippen molar-refractivity contribution in [2.24, 2.45) is 0 Å². The molecular formula is C16H19N3O3. The van der Waals surface area contributed by atoms with Gasteiger partial charge in [-0.2, -0.15) is 0 Å². The fraction of sp³-hybridized carbons (Fsp3) is 0.438. The lowest BCUT2D eigenvalue weighted by Gasteiger charge is -2.27. The van der Waals surface area contributed by atoms with Crippen molar-refractivity contribution in [3.05, 3.63) is 46.0 Å². The Hall–Kier alpha value is -2.21. The topological polar surface area (TPSA) is 83.7 Å². The molecule has 1 amide bonds. The van der Waals surface area contributed by atoms with Crippen LogP contribution in [0, 0.1) is 6.92 Å². The van der Waals surface area contributed by atoms with Crippen LogP contribution in [0.25, 0.3) is 5.65 Å². The summed E-state index contributed by atoms with van der Waals surface area (Å²) in [6.45, 7) is 1.80. The minimum absolute atomic E-state index is 0.000998. The smallest absolute Gasteiger partial charge is 0.270 e. The van der Waals surface area contributed by atoms with Gasteiger partial charge in [0.05, 0.1) is 12.1 Å². The SMILES string of the molecule is Cc1ccn2c(=O)c(C(=O)NC3(CO)CCCC3)cnc2c1. The third-order valence-electron chi connectivity index (χ3n) is 4.35. The van der Waals surface area contributed by atoms with Crippen LogP contribution in [0.1, 0.15) is 41.6 Å². The van der Waals surface area contributed by atoms with Gasteiger partial charge in [-0.1, -0.05) is 12.8 Å². The number of hydrogen-bond acceptors (Lipinski definition) is 4. The average Bonchev–Trinajstić information content (AvgIpc) is 2.96. The van der Waals surface area contributed by atoms with E-state index in [1.54, 1.807) is 18.3 Å². The normalized spacial score (nSPS) is 16.8. The second-order valence-corrected chi connectivity index (χ2v) is 6.01. The highest BCUT2D eigenvalue weighted by atomic mass is 16.3. The Bertz CT molecular complexity index is 776. The molecule has 22 heavy (non-hydrogen) atoms. The fourth-order valence-corrected chi connectivity index (χ4v) is 3.01. The summed E-state index contributed by atoms with van der Waals surface area (Å²) in [5.41, 5.74) is 0.513. The van der Waals surface area contributed by atoms with E-state index >= 15 is 0 Å². The molecule has 2 aromatic heterocycles. The van der Waals surface area contributed by atoms with E-state index < -0.39 is 17.0 Å². The number of hydrogen-bond donors (Lipinski definition) is 2. The van der Waals surface area contributed by atoms with E-state index in [1.807, 2.05) is 6.92 Å². The molecular weight excluding hydrogens is 282 g/mol. The maximum Gasteiger partial charge on any atom is 0.270 e. The summed E-state index contributed by atoms with van der Waals surface area (Å²) in [7, 11) is 0. The zero-order valence-corrected chi connectivity index (χ0v) is 12.5. The van der Waals surface area contributed by atoms with Crippen LogP contribution in [0.2, 0.25) is 0 Å². The number of aromatic nitrogens is 2. The van der Waals surface area contributed by atoms with Gasteiger partial charge in [0, 0.05) is 12.4 Å². The fourth-order valence-electron chi connectivity index (χ4n) is 3.01. The maximum absolute atomic E-state index is 12.4. The summed E-state index contributed by atoms with van der Waals surface area (Å²) in [6, 6.07) is 3.58. The number of pyridine rings is 1. The predicted octanol–water partition coefficient (Wildman–Crippen LogP) is 1.04. The van der Waals surface area contributed by atoms with Gasteiger partial charge in [0.15, 0.2) is 0 Å². The van der Waals surface area contributed by atoms with E-state index in [0.29, 0.717) is 5.65 Å². The summed E-state index contributed by atoms with van der Waals surface area (Å²) >= 11 is 0. The van der Waals surface area contributed by atoms with Gasteiger partial charge < -0.3 is 10.4 Å². The molecule has 1 aliphatic carbocycles. The second kappa shape index (κ2) is 5.53. The van der Waals surface area contributed by atoms with Gasteiger partial charge in [-0.15, -0.1) is 0 Å². The standard InChI is InChI=1S/C16H19N3O3/c1-11-4-7-19-13(8-11)17-9-12(15(19)22)14(21)18-16(10-20)5-2-3-6-16/h4,7-9,20H,2-3,5-6,10H2,1H3,(H,18,21). The van der Waals surface area contributed by atoms with E-state index in [0.717, 1.165) is 31.2 Å². The van der Waals surface area contributed by atoms with E-state index in [2.05, 4.69) is 10.3 Å². The number of nitrogens with one attached hydrogen (secondary N) is 1. The van der Waals surface area contributed by atoms with E-state index in [-0.39, 0.29) is 12.2 Å². The van der Waals surface area contributed by atoms with Crippen LogP contribution in [-0.4, -0.2) is 32.5 Å². The Morgan fingerprint density at radius 2 is 2.18 bits per heavy atom. The molecule has 1 fully saturated rings. The number of carbonyl (C=O) groups excluding carboxylic acids is 1. The lowest BCUT2D eigenvalue weighted by Crippen LogP contribution is -2.50. The largest absolute Gasteiger partial charge is 0.394 e. The highest BCUT2D eigenvalue weighted by Gasteiger charge is 2.35. The summed E-state index contributed by atoms with van der Waals surface area (Å²) in [5.74, 6) is -0.469. The molecule has 0 saturated heterocycles. The van der Waals surface area contributed by atoms with Gasteiger partial charge in [0.25, 0.3) is 11.5 Å². The number of aliphatic hydroxyl groups is 1. The predicted molar refractivity (Wildman–Crippen MR) is 82.0 cm³/mol. The van der Waals surface area contributed by atoms with Gasteiger partial charge in [-0.05, 0) is 37.5 Å². The molecule has 2 heterocycles. The van der Waals surface area contributed by atoms with Crippen LogP contribution >= 0.6 is 0 Å². The Labute approximate surface area is 127 Å². The van der Waals surface area contributed by atoms with Crippen LogP contribution in [0.15, 0.2) is 29.3 Å². The number of rotatable bonds is 3. The number of carbonyl (C=O) groups is 1. The lowest BCUT2D eigenvalue weighted by atomic mass is 9.98. The van der Waals surface area contributed by atoms with E-state index in [4.69, 9.17) is 0 Å². The van der Waals surface area contributed by atoms with Gasteiger partial charge in [-0.3, -0.25) is 14.0 Å². The molecule has 0 spiro atoms. The molecule has 6 heteroatoms. The van der Waals surface area contributed by atoms with Crippen molar-refractivity contribution in [3.63, 3.8) is 0 Å². The molecule has 1 aliphatic rings. The van der Waals surface area contributed by atoms with Crippen molar-refractivity contribution in [2.45, 2.75) is 38.1 Å². The van der Waals surface area contributed by atoms with Crippen LogP contribution < -0.4 is 10.9 Å². The zero-order chi connectivity index (χ0) is 15.7. The van der Waals surface area contributed by atoms with Gasteiger partial charge >= 0.3 is 0 Å². The molecule has 2 aromatic rings. The van der Waals surface area contributed by atoms with Crippen molar-refractivity contribution in [2.75, 3.05) is 6.61 Å². The van der Waals surface area contributed by atoms with Crippen molar-refractivity contribution >= 4 is 11.6 Å². The number of nitrogens with zero attached hydrogens (tertiary/aromatic N) is 2. The minimum Gasteiger partial charge on any atom is -0.394 e. The van der Waals surface area contributed by atoms with Crippen molar-refractivity contribution < 1.29 is 9.90 Å². The van der Waals surface area contributed by atoms with Gasteiger partial charge in [0.2, 0.25) is 0 Å². The van der Waals surface area contributed by atoms with E-state index in [9.17, 15) is 14.7 Å². The van der Waals surface area contributed by atoms with Crippen molar-refractivity contribution in [1.82, 2.24) is 14.7 Å². The molecule has 2 N–H and O–H groups in total. The first-order valence-electron chi connectivity index (χ1n) is 7.46. The zero-order valence-electron chi connectivity index (χ0n) is 12.5. The summed E-state index contributed by atoms with van der Waals surface area (Å²) in [5, 5.41) is 12.4. The molecule has 0 aromatic carbocycles. The van der Waals surface area contributed by atoms with Gasteiger partial charge in [0.1, 0.15) is 11.2 Å². The summed E-state index contributed by atoms with van der Waals surface area (Å²) < 4.78 is 1.36. The third kappa shape index (κ3) is 2.50. The van der Waals surface area contributed by atoms with Crippen LogP contribution in [-0.2, 0) is 0 Å². The van der Waals surface area contributed by atoms with Crippen molar-refractivity contribution in [1.29, 1.82) is 0 Å². The Balaban J connectivity index is 1.96. The Morgan fingerprint density at radius 3 is 2.86 bits per heavy atom. The Morgan fingerprint density at radius 1 is 1.45 bits per heavy atom. The molecule has 0 unspecified atom stereocenters. The summed E-state index contributed by atoms with van der Waals surface area (Å²) in [6.07, 6.45) is 6.33. The molecule has 1 saturated carbocycles. The third-order valence-corrected chi connectivity index (χ3v) is 4.35. The molecule has 116 valence electrons. The number of fused-ring (bicyclic) bond motifs is 1. The van der Waals surface area contributed by atoms with Crippen LogP contribution in [0.5, 0.6) is 0 Å². The van der Waals surface area contributed by atoms with Crippen molar-refractivity contribution in [3.8, 4) is 0 Å². The maximum atomic E-state index is 12.4. The number of aliphatic hydroxyl groups excluding tert-OH is 1. The first kappa shape index (κ1) is 14.7. The highest BCUT2D eigenvalue weighted by Crippen LogP contribution is 2.29. The highest BCUT2D eigenvalue weighted by molar-refractivity contribution is 5.94. The summed E-state index contributed by atoms with van der Waals surface area (Å²) in [4.78, 5) is 29.1. The molecule has 0 bridgehead atoms. The number of aryl methyl sites for hydroxylation is 1. The first-order valence-corrected chi connectivity index (χ1v) is 7.46. The molecule has 0 radical (unpaired) electrons. The monoisotopic (exact) mass is 301 g/mol. The first-order chi connectivity index (χ1) is 10.5. The van der Waals surface area contributed by atoms with E-state index in [1.165, 1.54) is 10.6 Å². The minimum atomic E-state index is -0.601. The number of amides is 1. The van der Waals surface area contributed by atoms with Crippen LogP contribution in [0.3, 0.4) is 0 Å². The molecule has 0 atom stereocenters. The van der Waals surface area contributed by atoms with Crippen LogP contribution in [0.4, 0.5) is 0 Å². The average molecular weight is 301 g/mol. The quantitative estimate of drug-likeness (QED) is 0.887. The Kier molecular flexibility index (Phi) is 3.70. The van der Waals surface area contributed by atoms with Gasteiger partial charge in [-0.25, -0.2) is 4.98 Å². The lowest BCUT2D eigenvalue weighted by molar-refractivity contribution is 0.0836. The molecule has 3 rings (SSSR count). The molecule has 0 aliphatic heterocycles.